The average Bonchev–Trinajstić information content (AvgIpc) is 2.66. The minimum absolute atomic E-state index is 0.119. The van der Waals surface area contributed by atoms with Crippen LogP contribution in [0.3, 0.4) is 0 Å². The third-order valence-electron chi connectivity index (χ3n) is 3.78. The van der Waals surface area contributed by atoms with Gasteiger partial charge in [0, 0.05) is 23.1 Å². The Labute approximate surface area is 165 Å². The normalized spacial score (nSPS) is 10.4. The highest BCUT2D eigenvalue weighted by atomic mass is 35.5. The summed E-state index contributed by atoms with van der Waals surface area (Å²) >= 11 is 12.0. The molecule has 0 saturated carbocycles. The molecule has 0 bridgehead atoms. The molecule has 27 heavy (non-hydrogen) atoms. The van der Waals surface area contributed by atoms with Gasteiger partial charge in [0.1, 0.15) is 6.33 Å². The van der Waals surface area contributed by atoms with E-state index in [0.717, 1.165) is 11.1 Å². The Kier molecular flexibility index (Phi) is 6.05. The van der Waals surface area contributed by atoms with Crippen LogP contribution in [0.2, 0.25) is 10.0 Å². The summed E-state index contributed by atoms with van der Waals surface area (Å²) < 4.78 is 0. The molecule has 7 nitrogen and oxygen atoms in total. The Bertz CT molecular complexity index is 951. The fourth-order valence-electron chi connectivity index (χ4n) is 2.42. The third kappa shape index (κ3) is 4.84. The van der Waals surface area contributed by atoms with Crippen LogP contribution in [-0.4, -0.2) is 14.9 Å². The highest BCUT2D eigenvalue weighted by molar-refractivity contribution is 6.31. The van der Waals surface area contributed by atoms with E-state index in [-0.39, 0.29) is 17.3 Å². The lowest BCUT2D eigenvalue weighted by Gasteiger charge is -2.11. The number of hydrogen-bond acceptors (Lipinski definition) is 6. The number of halogens is 2. The molecule has 1 aromatic heterocycles. The smallest absolute Gasteiger partial charge is 0.353 e. The second kappa shape index (κ2) is 8.66. The van der Waals surface area contributed by atoms with Crippen LogP contribution in [0.1, 0.15) is 11.1 Å². The molecular weight excluding hydrogens is 389 g/mol. The monoisotopic (exact) mass is 403 g/mol. The van der Waals surface area contributed by atoms with Crippen molar-refractivity contribution in [1.29, 1.82) is 0 Å². The van der Waals surface area contributed by atoms with E-state index >= 15 is 0 Å². The van der Waals surface area contributed by atoms with Crippen LogP contribution >= 0.6 is 23.2 Å². The zero-order valence-electron chi connectivity index (χ0n) is 14.0. The van der Waals surface area contributed by atoms with E-state index in [0.29, 0.717) is 23.1 Å². The van der Waals surface area contributed by atoms with E-state index < -0.39 is 4.92 Å². The predicted octanol–water partition coefficient (Wildman–Crippen LogP) is 4.92. The van der Waals surface area contributed by atoms with Gasteiger partial charge in [-0.25, -0.2) is 9.97 Å². The fourth-order valence-corrected chi connectivity index (χ4v) is 2.75. The highest BCUT2D eigenvalue weighted by Crippen LogP contribution is 2.30. The van der Waals surface area contributed by atoms with Crippen molar-refractivity contribution in [1.82, 2.24) is 9.97 Å². The van der Waals surface area contributed by atoms with Crippen LogP contribution in [0.25, 0.3) is 0 Å². The highest BCUT2D eigenvalue weighted by Gasteiger charge is 2.22. The first kappa shape index (κ1) is 18.9. The van der Waals surface area contributed by atoms with Gasteiger partial charge in [-0.05, 0) is 29.3 Å². The minimum atomic E-state index is -0.515. The summed E-state index contributed by atoms with van der Waals surface area (Å²) in [5.41, 5.74) is 1.50. The number of benzene rings is 2. The van der Waals surface area contributed by atoms with Crippen LogP contribution in [0.15, 0.2) is 54.9 Å². The topological polar surface area (TPSA) is 93.0 Å². The van der Waals surface area contributed by atoms with Crippen molar-refractivity contribution < 1.29 is 4.92 Å². The van der Waals surface area contributed by atoms with E-state index in [4.69, 9.17) is 23.2 Å². The summed E-state index contributed by atoms with van der Waals surface area (Å²) in [6.45, 7) is 0.660. The molecule has 1 heterocycles. The molecule has 2 N–H and O–H groups in total. The molecule has 3 aromatic rings. The molecule has 9 heteroatoms. The van der Waals surface area contributed by atoms with Gasteiger partial charge in [0.25, 0.3) is 0 Å². The van der Waals surface area contributed by atoms with E-state index in [2.05, 4.69) is 20.6 Å². The summed E-state index contributed by atoms with van der Waals surface area (Å²) in [5, 5.41) is 18.7. The molecule has 138 valence electrons. The van der Waals surface area contributed by atoms with Gasteiger partial charge in [0.05, 0.1) is 4.92 Å². The number of aromatic nitrogens is 2. The lowest BCUT2D eigenvalue weighted by molar-refractivity contribution is -0.383. The number of nitrogens with zero attached hydrogens (tertiary/aromatic N) is 3. The molecule has 2 aromatic carbocycles. The van der Waals surface area contributed by atoms with E-state index in [1.165, 1.54) is 6.33 Å². The van der Waals surface area contributed by atoms with E-state index in [9.17, 15) is 10.1 Å². The van der Waals surface area contributed by atoms with Crippen molar-refractivity contribution >= 4 is 40.5 Å². The first-order chi connectivity index (χ1) is 13.0. The van der Waals surface area contributed by atoms with Crippen molar-refractivity contribution in [2.24, 2.45) is 0 Å². The Morgan fingerprint density at radius 1 is 0.926 bits per heavy atom. The molecule has 0 saturated heterocycles. The van der Waals surface area contributed by atoms with Gasteiger partial charge in [0.15, 0.2) is 0 Å². The Morgan fingerprint density at radius 2 is 1.56 bits per heavy atom. The van der Waals surface area contributed by atoms with Crippen LogP contribution in [0.4, 0.5) is 17.3 Å². The third-order valence-corrected chi connectivity index (χ3v) is 4.40. The van der Waals surface area contributed by atoms with Crippen LogP contribution < -0.4 is 10.6 Å². The van der Waals surface area contributed by atoms with Crippen molar-refractivity contribution in [2.45, 2.75) is 13.1 Å². The van der Waals surface area contributed by atoms with Crippen LogP contribution in [0.5, 0.6) is 0 Å². The molecule has 0 spiro atoms. The molecule has 0 radical (unpaired) electrons. The van der Waals surface area contributed by atoms with Crippen molar-refractivity contribution in [3.8, 4) is 0 Å². The zero-order valence-corrected chi connectivity index (χ0v) is 15.5. The molecular formula is C18H15Cl2N5O2. The number of hydrogen-bond donors (Lipinski definition) is 2. The van der Waals surface area contributed by atoms with E-state index in [1.807, 2.05) is 30.3 Å². The summed E-state index contributed by atoms with van der Waals surface area (Å²) in [4.78, 5) is 19.1. The molecule has 0 aliphatic carbocycles. The first-order valence-corrected chi connectivity index (χ1v) is 8.75. The number of rotatable bonds is 7. The van der Waals surface area contributed by atoms with Crippen LogP contribution in [0, 0.1) is 10.1 Å². The first-order valence-electron chi connectivity index (χ1n) is 7.99. The second-order valence-electron chi connectivity index (χ2n) is 5.60. The van der Waals surface area contributed by atoms with Gasteiger partial charge in [-0.3, -0.25) is 10.1 Å². The van der Waals surface area contributed by atoms with Crippen molar-refractivity contribution in [2.75, 3.05) is 10.6 Å². The Morgan fingerprint density at radius 3 is 2.19 bits per heavy atom. The molecule has 0 amide bonds. The molecule has 0 aliphatic rings. The molecule has 0 aliphatic heterocycles. The van der Waals surface area contributed by atoms with Gasteiger partial charge >= 0.3 is 5.69 Å². The van der Waals surface area contributed by atoms with Gasteiger partial charge in [-0.15, -0.1) is 0 Å². The molecule has 3 rings (SSSR count). The van der Waals surface area contributed by atoms with Gasteiger partial charge in [-0.2, -0.15) is 0 Å². The quantitative estimate of drug-likeness (QED) is 0.429. The molecule has 0 unspecified atom stereocenters. The van der Waals surface area contributed by atoms with Crippen LogP contribution in [-0.2, 0) is 13.1 Å². The molecule has 0 fully saturated rings. The zero-order chi connectivity index (χ0) is 19.2. The number of nitro groups is 1. The fraction of sp³-hybridized carbons (Fsp3) is 0.111. The van der Waals surface area contributed by atoms with Gasteiger partial charge in [0.2, 0.25) is 11.6 Å². The lowest BCUT2D eigenvalue weighted by atomic mass is 10.2. The predicted molar refractivity (Wildman–Crippen MR) is 106 cm³/mol. The van der Waals surface area contributed by atoms with E-state index in [1.54, 1.807) is 18.2 Å². The second-order valence-corrected chi connectivity index (χ2v) is 6.45. The van der Waals surface area contributed by atoms with Crippen molar-refractivity contribution in [3.05, 3.63) is 86.1 Å². The average molecular weight is 404 g/mol. The van der Waals surface area contributed by atoms with Gasteiger partial charge < -0.3 is 10.6 Å². The van der Waals surface area contributed by atoms with Gasteiger partial charge in [-0.1, -0.05) is 53.5 Å². The maximum atomic E-state index is 11.6. The lowest BCUT2D eigenvalue weighted by Crippen LogP contribution is -2.10. The Balaban J connectivity index is 1.78. The maximum Gasteiger partial charge on any atom is 0.353 e. The SMILES string of the molecule is O=[N+]([O-])c1c(NCc2ccc(Cl)cc2)ncnc1NCc1ccccc1Cl. The number of nitrogens with one attached hydrogen (secondary N) is 2. The Hall–Kier alpha value is -2.90. The summed E-state index contributed by atoms with van der Waals surface area (Å²) in [6.07, 6.45) is 1.27. The largest absolute Gasteiger partial charge is 0.360 e. The summed E-state index contributed by atoms with van der Waals surface area (Å²) in [7, 11) is 0. The summed E-state index contributed by atoms with van der Waals surface area (Å²) in [5.74, 6) is 0.250. The molecule has 0 atom stereocenters. The summed E-state index contributed by atoms with van der Waals surface area (Å²) in [6, 6.07) is 14.4. The van der Waals surface area contributed by atoms with Crippen molar-refractivity contribution in [3.63, 3.8) is 0 Å². The minimum Gasteiger partial charge on any atom is -0.360 e. The standard InChI is InChI=1S/C18H15Cl2N5O2/c19-14-7-5-12(6-8-14)9-21-17-16(25(26)27)18(24-11-23-17)22-10-13-3-1-2-4-15(13)20/h1-8,11H,9-10H2,(H2,21,22,23,24). The number of anilines is 2. The maximum absolute atomic E-state index is 11.6.